The number of benzene rings is 2. The summed E-state index contributed by atoms with van der Waals surface area (Å²) in [5.74, 6) is 1.05. The van der Waals surface area contributed by atoms with Crippen molar-refractivity contribution in [2.24, 2.45) is 4.99 Å². The first-order valence-electron chi connectivity index (χ1n) is 8.51. The van der Waals surface area contributed by atoms with Crippen LogP contribution in [0.5, 0.6) is 0 Å². The number of thioether (sulfide) groups is 1. The molecular weight excluding hydrogens is 328 g/mol. The molecular formula is C21H22N2OS. The van der Waals surface area contributed by atoms with Gasteiger partial charge in [-0.05, 0) is 49.2 Å². The van der Waals surface area contributed by atoms with Crippen LogP contribution in [0.4, 0.5) is 5.69 Å². The molecule has 0 bridgehead atoms. The number of hydrogen-bond acceptors (Lipinski definition) is 4. The Morgan fingerprint density at radius 1 is 1.28 bits per heavy atom. The van der Waals surface area contributed by atoms with E-state index in [0.717, 1.165) is 28.6 Å². The van der Waals surface area contributed by atoms with Gasteiger partial charge in [-0.3, -0.25) is 9.79 Å². The zero-order valence-corrected chi connectivity index (χ0v) is 15.3. The molecule has 3 nitrogen and oxygen atoms in total. The highest BCUT2D eigenvalue weighted by Crippen LogP contribution is 2.22. The average Bonchev–Trinajstić information content (AvgIpc) is 3.08. The van der Waals surface area contributed by atoms with E-state index in [2.05, 4.69) is 23.3 Å². The minimum atomic E-state index is 0.00619. The van der Waals surface area contributed by atoms with Crippen molar-refractivity contribution in [1.29, 1.82) is 0 Å². The Kier molecular flexibility index (Phi) is 5.71. The van der Waals surface area contributed by atoms with Crippen molar-refractivity contribution in [2.75, 3.05) is 11.1 Å². The van der Waals surface area contributed by atoms with E-state index in [-0.39, 0.29) is 5.78 Å². The smallest absolute Gasteiger partial charge is 0.185 e. The largest absolute Gasteiger partial charge is 0.335 e. The third-order valence-electron chi connectivity index (χ3n) is 4.07. The van der Waals surface area contributed by atoms with Crippen molar-refractivity contribution in [3.05, 3.63) is 71.3 Å². The summed E-state index contributed by atoms with van der Waals surface area (Å²) in [5.41, 5.74) is 3.86. The molecule has 25 heavy (non-hydrogen) atoms. The number of nitrogens with one attached hydrogen (secondary N) is 1. The summed E-state index contributed by atoms with van der Waals surface area (Å²) in [6.07, 6.45) is 4.55. The highest BCUT2D eigenvalue weighted by atomic mass is 32.2. The van der Waals surface area contributed by atoms with Crippen LogP contribution < -0.4 is 5.32 Å². The first kappa shape index (κ1) is 17.5. The first-order valence-corrected chi connectivity index (χ1v) is 9.49. The van der Waals surface area contributed by atoms with E-state index < -0.39 is 0 Å². The van der Waals surface area contributed by atoms with Gasteiger partial charge in [0.05, 0.1) is 6.04 Å². The predicted octanol–water partition coefficient (Wildman–Crippen LogP) is 5.18. The lowest BCUT2D eigenvalue weighted by Gasteiger charge is -2.05. The van der Waals surface area contributed by atoms with E-state index in [4.69, 9.17) is 0 Å². The van der Waals surface area contributed by atoms with Crippen LogP contribution in [-0.4, -0.2) is 22.7 Å². The number of carbonyl (C=O) groups excluding carboxylic acids is 1. The summed E-state index contributed by atoms with van der Waals surface area (Å²) in [7, 11) is 0. The van der Waals surface area contributed by atoms with Crippen molar-refractivity contribution in [3.63, 3.8) is 0 Å². The fourth-order valence-corrected chi connectivity index (χ4v) is 3.65. The molecule has 2 aromatic rings. The number of ketones is 1. The number of nitrogens with zero attached hydrogens (tertiary/aromatic N) is 1. The SMILES string of the molecule is CC[C@H]1CSC(Nc2ccc(C(=O)/C=C/c3cccc(C)c3)cc2)=N1. The summed E-state index contributed by atoms with van der Waals surface area (Å²) >= 11 is 1.75. The molecule has 0 amide bonds. The molecule has 3 rings (SSSR count). The van der Waals surface area contributed by atoms with Crippen LogP contribution in [-0.2, 0) is 0 Å². The molecule has 0 aromatic heterocycles. The van der Waals surface area contributed by atoms with E-state index in [0.29, 0.717) is 11.6 Å². The standard InChI is InChI=1S/C21H22N2OS/c1-3-18-14-25-21(22-18)23-19-10-8-17(9-11-19)20(24)12-7-16-6-4-5-15(2)13-16/h4-13,18H,3,14H2,1-2H3,(H,22,23)/b12-7+/t18-/m0/s1. The number of aliphatic imine (C=N–C) groups is 1. The monoisotopic (exact) mass is 350 g/mol. The Balaban J connectivity index is 1.63. The maximum atomic E-state index is 12.3. The Morgan fingerprint density at radius 3 is 2.76 bits per heavy atom. The number of anilines is 1. The van der Waals surface area contributed by atoms with E-state index in [1.807, 2.05) is 55.5 Å². The van der Waals surface area contributed by atoms with Crippen LogP contribution in [0, 0.1) is 6.92 Å². The normalized spacial score (nSPS) is 16.9. The van der Waals surface area contributed by atoms with Gasteiger partial charge >= 0.3 is 0 Å². The molecule has 0 radical (unpaired) electrons. The van der Waals surface area contributed by atoms with Crippen LogP contribution in [0.15, 0.2) is 59.6 Å². The third kappa shape index (κ3) is 4.83. The summed E-state index contributed by atoms with van der Waals surface area (Å²) < 4.78 is 0. The average molecular weight is 350 g/mol. The quantitative estimate of drug-likeness (QED) is 0.596. The number of carbonyl (C=O) groups is 1. The molecule has 0 spiro atoms. The number of amidine groups is 1. The van der Waals surface area contributed by atoms with Gasteiger partial charge in [0.15, 0.2) is 11.0 Å². The number of rotatable bonds is 5. The lowest BCUT2D eigenvalue weighted by atomic mass is 10.1. The molecule has 0 saturated carbocycles. The van der Waals surface area contributed by atoms with Gasteiger partial charge in [0.1, 0.15) is 0 Å². The lowest BCUT2D eigenvalue weighted by molar-refractivity contribution is 0.104. The second kappa shape index (κ2) is 8.17. The molecule has 1 aliphatic heterocycles. The van der Waals surface area contributed by atoms with E-state index in [1.54, 1.807) is 17.8 Å². The van der Waals surface area contributed by atoms with Gasteiger partial charge < -0.3 is 5.32 Å². The van der Waals surface area contributed by atoms with Gasteiger partial charge in [-0.15, -0.1) is 0 Å². The molecule has 2 aromatic carbocycles. The lowest BCUT2D eigenvalue weighted by Crippen LogP contribution is -2.05. The minimum Gasteiger partial charge on any atom is -0.335 e. The Bertz CT molecular complexity index is 809. The van der Waals surface area contributed by atoms with Gasteiger partial charge in [0, 0.05) is 17.0 Å². The summed E-state index contributed by atoms with van der Waals surface area (Å²) in [6, 6.07) is 16.1. The molecule has 0 unspecified atom stereocenters. The molecule has 1 atom stereocenters. The molecule has 128 valence electrons. The van der Waals surface area contributed by atoms with Crippen LogP contribution in [0.2, 0.25) is 0 Å². The number of aryl methyl sites for hydroxylation is 1. The van der Waals surface area contributed by atoms with E-state index in [1.165, 1.54) is 5.56 Å². The molecule has 1 heterocycles. The molecule has 4 heteroatoms. The van der Waals surface area contributed by atoms with Crippen LogP contribution >= 0.6 is 11.8 Å². The second-order valence-corrected chi connectivity index (χ2v) is 7.13. The number of allylic oxidation sites excluding steroid dienone is 1. The zero-order valence-electron chi connectivity index (χ0n) is 14.5. The van der Waals surface area contributed by atoms with Gasteiger partial charge in [-0.25, -0.2) is 0 Å². The highest BCUT2D eigenvalue weighted by molar-refractivity contribution is 8.14. The van der Waals surface area contributed by atoms with E-state index in [9.17, 15) is 4.79 Å². The summed E-state index contributed by atoms with van der Waals surface area (Å²) in [5, 5.41) is 4.28. The maximum absolute atomic E-state index is 12.3. The maximum Gasteiger partial charge on any atom is 0.185 e. The first-order chi connectivity index (χ1) is 12.1. The fraction of sp³-hybridized carbons (Fsp3) is 0.238. The third-order valence-corrected chi connectivity index (χ3v) is 5.11. The molecule has 1 N–H and O–H groups in total. The topological polar surface area (TPSA) is 41.5 Å². The number of hydrogen-bond donors (Lipinski definition) is 1. The Labute approximate surface area is 153 Å². The molecule has 0 saturated heterocycles. The predicted molar refractivity (Wildman–Crippen MR) is 109 cm³/mol. The van der Waals surface area contributed by atoms with Gasteiger partial charge in [0.2, 0.25) is 0 Å². The van der Waals surface area contributed by atoms with Crippen LogP contribution in [0.1, 0.15) is 34.8 Å². The van der Waals surface area contributed by atoms with Gasteiger partial charge in [-0.1, -0.05) is 54.6 Å². The Hall–Kier alpha value is -2.33. The fourth-order valence-electron chi connectivity index (χ4n) is 2.58. The highest BCUT2D eigenvalue weighted by Gasteiger charge is 2.16. The zero-order chi connectivity index (χ0) is 17.6. The van der Waals surface area contributed by atoms with Crippen molar-refractivity contribution >= 4 is 34.5 Å². The van der Waals surface area contributed by atoms with Gasteiger partial charge in [0.25, 0.3) is 0 Å². The summed E-state index contributed by atoms with van der Waals surface area (Å²) in [4.78, 5) is 16.9. The van der Waals surface area contributed by atoms with Crippen molar-refractivity contribution in [2.45, 2.75) is 26.3 Å². The molecule has 0 aliphatic carbocycles. The van der Waals surface area contributed by atoms with E-state index >= 15 is 0 Å². The summed E-state index contributed by atoms with van der Waals surface area (Å²) in [6.45, 7) is 4.20. The van der Waals surface area contributed by atoms with Crippen LogP contribution in [0.3, 0.4) is 0 Å². The molecule has 0 fully saturated rings. The van der Waals surface area contributed by atoms with Gasteiger partial charge in [-0.2, -0.15) is 0 Å². The van der Waals surface area contributed by atoms with Crippen LogP contribution in [0.25, 0.3) is 6.08 Å². The second-order valence-electron chi connectivity index (χ2n) is 6.12. The Morgan fingerprint density at radius 2 is 2.08 bits per heavy atom. The van der Waals surface area contributed by atoms with Crippen molar-refractivity contribution in [1.82, 2.24) is 0 Å². The van der Waals surface area contributed by atoms with Crippen molar-refractivity contribution in [3.8, 4) is 0 Å². The van der Waals surface area contributed by atoms with Crippen molar-refractivity contribution < 1.29 is 4.79 Å². The molecule has 1 aliphatic rings. The minimum absolute atomic E-state index is 0.00619.